The molecule has 0 bridgehead atoms. The summed E-state index contributed by atoms with van der Waals surface area (Å²) >= 11 is 0. The third-order valence-electron chi connectivity index (χ3n) is 6.69. The number of guanidine groups is 1. The van der Waals surface area contributed by atoms with Gasteiger partial charge in [-0.2, -0.15) is 0 Å². The fraction of sp³-hybridized carbons (Fsp3) is 0.950. The molecule has 6 nitrogen and oxygen atoms in total. The van der Waals surface area contributed by atoms with Gasteiger partial charge in [0.05, 0.1) is 13.2 Å². The van der Waals surface area contributed by atoms with Crippen molar-refractivity contribution in [3.05, 3.63) is 0 Å². The summed E-state index contributed by atoms with van der Waals surface area (Å²) in [5.74, 6) is 0.964. The van der Waals surface area contributed by atoms with E-state index in [0.29, 0.717) is 6.04 Å². The molecule has 2 heterocycles. The summed E-state index contributed by atoms with van der Waals surface area (Å²) in [5, 5.41) is 7.26. The van der Waals surface area contributed by atoms with Gasteiger partial charge in [0.15, 0.2) is 5.96 Å². The average molecular weight is 493 g/mol. The van der Waals surface area contributed by atoms with E-state index < -0.39 is 0 Å². The number of hydrogen-bond acceptors (Lipinski definition) is 4. The number of likely N-dealkylation sites (N-methyl/N-ethyl adjacent to an activating group) is 1. The van der Waals surface area contributed by atoms with Crippen molar-refractivity contribution in [3.63, 3.8) is 0 Å². The molecule has 2 saturated heterocycles. The summed E-state index contributed by atoms with van der Waals surface area (Å²) in [5.41, 5.74) is 0.280. The first-order chi connectivity index (χ1) is 12.8. The van der Waals surface area contributed by atoms with Crippen LogP contribution in [0.15, 0.2) is 4.99 Å². The zero-order chi connectivity index (χ0) is 18.2. The second-order valence-electron chi connectivity index (χ2n) is 8.12. The average Bonchev–Trinajstić information content (AvgIpc) is 3.17. The van der Waals surface area contributed by atoms with E-state index in [1.807, 2.05) is 7.05 Å². The van der Waals surface area contributed by atoms with Gasteiger partial charge in [-0.1, -0.05) is 26.2 Å². The summed E-state index contributed by atoms with van der Waals surface area (Å²) in [6, 6.07) is 0.654. The summed E-state index contributed by atoms with van der Waals surface area (Å²) in [6.45, 7) is 10.6. The molecule has 1 saturated carbocycles. The van der Waals surface area contributed by atoms with Crippen LogP contribution in [0.1, 0.15) is 51.9 Å². The molecule has 0 aromatic heterocycles. The predicted octanol–water partition coefficient (Wildman–Crippen LogP) is 2.29. The lowest BCUT2D eigenvalue weighted by molar-refractivity contribution is -0.0352. The fourth-order valence-corrected chi connectivity index (χ4v) is 5.08. The Hall–Kier alpha value is -0.120. The quantitative estimate of drug-likeness (QED) is 0.338. The Bertz CT molecular complexity index is 450. The van der Waals surface area contributed by atoms with Gasteiger partial charge in [0, 0.05) is 44.8 Å². The third-order valence-corrected chi connectivity index (χ3v) is 6.69. The minimum atomic E-state index is 0. The molecule has 0 amide bonds. The van der Waals surface area contributed by atoms with Crippen LogP contribution in [0, 0.1) is 0 Å². The highest BCUT2D eigenvalue weighted by Gasteiger charge is 2.38. The molecule has 3 fully saturated rings. The normalized spacial score (nSPS) is 27.2. The topological polar surface area (TPSA) is 52.1 Å². The number of ether oxygens (including phenoxy) is 1. The number of rotatable bonds is 6. The molecule has 158 valence electrons. The van der Waals surface area contributed by atoms with E-state index in [-0.39, 0.29) is 29.5 Å². The van der Waals surface area contributed by atoms with Crippen LogP contribution in [-0.4, -0.2) is 86.9 Å². The maximum absolute atomic E-state index is 5.60. The van der Waals surface area contributed by atoms with Crippen molar-refractivity contribution in [2.75, 3.05) is 59.5 Å². The van der Waals surface area contributed by atoms with Gasteiger partial charge in [0.1, 0.15) is 0 Å². The lowest BCUT2D eigenvalue weighted by Crippen LogP contribution is -2.60. The van der Waals surface area contributed by atoms with Gasteiger partial charge in [-0.05, 0) is 38.8 Å². The molecule has 27 heavy (non-hydrogen) atoms. The Morgan fingerprint density at radius 1 is 1.07 bits per heavy atom. The SMILES string of the molecule is CCN1CCCC1CNC(=NC)NCC1(N2CCOCC2)CCCCC1.I. The van der Waals surface area contributed by atoms with Gasteiger partial charge < -0.3 is 15.4 Å². The number of hydrogen-bond donors (Lipinski definition) is 2. The van der Waals surface area contributed by atoms with E-state index in [9.17, 15) is 0 Å². The number of nitrogens with zero attached hydrogens (tertiary/aromatic N) is 3. The van der Waals surface area contributed by atoms with Crippen LogP contribution in [0.25, 0.3) is 0 Å². The Morgan fingerprint density at radius 3 is 2.48 bits per heavy atom. The van der Waals surface area contributed by atoms with Crippen LogP contribution in [0.5, 0.6) is 0 Å². The summed E-state index contributed by atoms with van der Waals surface area (Å²) < 4.78 is 5.60. The second-order valence-corrected chi connectivity index (χ2v) is 8.12. The number of morpholine rings is 1. The number of nitrogens with one attached hydrogen (secondary N) is 2. The van der Waals surface area contributed by atoms with Gasteiger partial charge in [-0.25, -0.2) is 0 Å². The molecule has 1 unspecified atom stereocenters. The lowest BCUT2D eigenvalue weighted by atomic mass is 9.80. The van der Waals surface area contributed by atoms with Crippen LogP contribution < -0.4 is 10.6 Å². The van der Waals surface area contributed by atoms with E-state index in [2.05, 4.69) is 32.3 Å². The fourth-order valence-electron chi connectivity index (χ4n) is 5.08. The molecular formula is C20H40IN5O. The molecule has 0 aromatic rings. The van der Waals surface area contributed by atoms with Crippen molar-refractivity contribution in [3.8, 4) is 0 Å². The Kier molecular flexibility index (Phi) is 10.1. The van der Waals surface area contributed by atoms with Gasteiger partial charge in [-0.3, -0.25) is 14.8 Å². The highest BCUT2D eigenvalue weighted by Crippen LogP contribution is 2.33. The van der Waals surface area contributed by atoms with Crippen molar-refractivity contribution in [2.45, 2.75) is 63.5 Å². The third kappa shape index (κ3) is 6.18. The van der Waals surface area contributed by atoms with Crippen molar-refractivity contribution in [1.29, 1.82) is 0 Å². The van der Waals surface area contributed by atoms with Crippen LogP contribution in [0.4, 0.5) is 0 Å². The van der Waals surface area contributed by atoms with E-state index in [1.54, 1.807) is 0 Å². The molecule has 0 aromatic carbocycles. The Balaban J connectivity index is 0.00000261. The van der Waals surface area contributed by atoms with Crippen molar-refractivity contribution >= 4 is 29.9 Å². The van der Waals surface area contributed by atoms with E-state index in [1.165, 1.54) is 51.5 Å². The van der Waals surface area contributed by atoms with Crippen molar-refractivity contribution in [2.24, 2.45) is 4.99 Å². The van der Waals surface area contributed by atoms with Crippen LogP contribution >= 0.6 is 24.0 Å². The molecule has 7 heteroatoms. The first-order valence-electron chi connectivity index (χ1n) is 10.8. The molecule has 1 atom stereocenters. The minimum absolute atomic E-state index is 0. The zero-order valence-electron chi connectivity index (χ0n) is 17.3. The smallest absolute Gasteiger partial charge is 0.191 e. The van der Waals surface area contributed by atoms with Crippen LogP contribution in [0.3, 0.4) is 0 Å². The maximum atomic E-state index is 5.60. The molecule has 2 aliphatic heterocycles. The molecule has 0 spiro atoms. The Labute approximate surface area is 182 Å². The number of likely N-dealkylation sites (tertiary alicyclic amines) is 1. The van der Waals surface area contributed by atoms with Gasteiger partial charge in [0.2, 0.25) is 0 Å². The summed E-state index contributed by atoms with van der Waals surface area (Å²) in [7, 11) is 1.89. The molecule has 3 aliphatic rings. The largest absolute Gasteiger partial charge is 0.379 e. The molecule has 0 radical (unpaired) electrons. The monoisotopic (exact) mass is 493 g/mol. The molecule has 3 rings (SSSR count). The van der Waals surface area contributed by atoms with Gasteiger partial charge in [0.25, 0.3) is 0 Å². The summed E-state index contributed by atoms with van der Waals surface area (Å²) in [4.78, 5) is 9.76. The van der Waals surface area contributed by atoms with E-state index >= 15 is 0 Å². The first-order valence-corrected chi connectivity index (χ1v) is 10.8. The molecular weight excluding hydrogens is 453 g/mol. The second kappa shape index (κ2) is 11.8. The predicted molar refractivity (Wildman–Crippen MR) is 123 cm³/mol. The van der Waals surface area contributed by atoms with E-state index in [0.717, 1.165) is 51.9 Å². The number of aliphatic imine (C=N–C) groups is 1. The lowest BCUT2D eigenvalue weighted by Gasteiger charge is -2.48. The highest BCUT2D eigenvalue weighted by molar-refractivity contribution is 14.0. The maximum Gasteiger partial charge on any atom is 0.191 e. The molecule has 1 aliphatic carbocycles. The van der Waals surface area contributed by atoms with Crippen LogP contribution in [0.2, 0.25) is 0 Å². The highest BCUT2D eigenvalue weighted by atomic mass is 127. The van der Waals surface area contributed by atoms with Gasteiger partial charge in [-0.15, -0.1) is 24.0 Å². The standard InChI is InChI=1S/C20H39N5O.HI/c1-3-24-11-7-8-18(24)16-22-19(21-2)23-17-20(9-5-4-6-10-20)25-12-14-26-15-13-25;/h18H,3-17H2,1-2H3,(H2,21,22,23);1H. The Morgan fingerprint density at radius 2 is 1.81 bits per heavy atom. The van der Waals surface area contributed by atoms with Crippen molar-refractivity contribution < 1.29 is 4.74 Å². The van der Waals surface area contributed by atoms with Crippen LogP contribution in [-0.2, 0) is 4.74 Å². The minimum Gasteiger partial charge on any atom is -0.379 e. The zero-order valence-corrected chi connectivity index (χ0v) is 19.7. The van der Waals surface area contributed by atoms with Crippen molar-refractivity contribution in [1.82, 2.24) is 20.4 Å². The first kappa shape index (κ1) is 23.2. The molecule has 2 N–H and O–H groups in total. The van der Waals surface area contributed by atoms with Gasteiger partial charge >= 0.3 is 0 Å². The summed E-state index contributed by atoms with van der Waals surface area (Å²) in [6.07, 6.45) is 9.29. The number of halogens is 1. The van der Waals surface area contributed by atoms with E-state index in [4.69, 9.17) is 4.74 Å².